The number of anilines is 2. The van der Waals surface area contributed by atoms with E-state index in [0.717, 1.165) is 23.9 Å². The second kappa shape index (κ2) is 6.78. The molecule has 0 aliphatic heterocycles. The minimum absolute atomic E-state index is 0.0519. The molecule has 6 nitrogen and oxygen atoms in total. The lowest BCUT2D eigenvalue weighted by atomic mass is 10.1. The van der Waals surface area contributed by atoms with Crippen LogP contribution in [0.2, 0.25) is 0 Å². The fraction of sp³-hybridized carbons (Fsp3) is 0.318. The Balaban J connectivity index is 1.56. The number of nitrogens with one attached hydrogen (secondary N) is 2. The third-order valence-corrected chi connectivity index (χ3v) is 4.82. The number of imidazole rings is 1. The van der Waals surface area contributed by atoms with Crippen LogP contribution in [0.15, 0.2) is 48.5 Å². The third-order valence-electron chi connectivity index (χ3n) is 4.82. The highest BCUT2D eigenvalue weighted by Crippen LogP contribution is 2.30. The first-order chi connectivity index (χ1) is 13.3. The maximum atomic E-state index is 12.8. The first kappa shape index (κ1) is 18.2. The largest absolute Gasteiger partial charge is 0.326 e. The maximum Gasteiger partial charge on any atom is 0.257 e. The number of rotatable bonds is 4. The van der Waals surface area contributed by atoms with E-state index in [4.69, 9.17) is 0 Å². The monoisotopic (exact) mass is 376 g/mol. The number of amides is 2. The van der Waals surface area contributed by atoms with E-state index in [1.165, 1.54) is 0 Å². The molecule has 1 heterocycles. The summed E-state index contributed by atoms with van der Waals surface area (Å²) >= 11 is 0. The van der Waals surface area contributed by atoms with E-state index in [0.29, 0.717) is 17.2 Å². The Hall–Kier alpha value is -3.15. The van der Waals surface area contributed by atoms with Crippen LogP contribution < -0.4 is 10.6 Å². The smallest absolute Gasteiger partial charge is 0.257 e. The molecule has 0 saturated heterocycles. The van der Waals surface area contributed by atoms with Crippen molar-refractivity contribution < 1.29 is 9.59 Å². The van der Waals surface area contributed by atoms with Gasteiger partial charge in [0.1, 0.15) is 0 Å². The number of carbonyl (C=O) groups excluding carboxylic acids is 2. The van der Waals surface area contributed by atoms with Gasteiger partial charge in [-0.3, -0.25) is 14.9 Å². The SMILES string of the molecule is CC(C)(C)n1c(NC(=O)c2ccc(NC(=O)C3CC3)cc2)nc2ccccc21. The number of aromatic nitrogens is 2. The number of benzene rings is 2. The summed E-state index contributed by atoms with van der Waals surface area (Å²) in [6.45, 7) is 6.23. The molecule has 4 rings (SSSR count). The van der Waals surface area contributed by atoms with E-state index < -0.39 is 0 Å². The molecular formula is C22H24N4O2. The molecule has 1 saturated carbocycles. The number of hydrogen-bond acceptors (Lipinski definition) is 3. The molecule has 0 bridgehead atoms. The number of hydrogen-bond donors (Lipinski definition) is 2. The van der Waals surface area contributed by atoms with Crippen molar-refractivity contribution in [3.8, 4) is 0 Å². The minimum atomic E-state index is -0.240. The standard InChI is InChI=1S/C22H24N4O2/c1-22(2,3)26-18-7-5-4-6-17(18)24-21(26)25-20(28)15-10-12-16(13-11-15)23-19(27)14-8-9-14/h4-7,10-14H,8-9H2,1-3H3,(H,23,27)(H,24,25,28). The predicted molar refractivity (Wildman–Crippen MR) is 110 cm³/mol. The van der Waals surface area contributed by atoms with Gasteiger partial charge in [0.25, 0.3) is 5.91 Å². The van der Waals surface area contributed by atoms with E-state index in [1.54, 1.807) is 24.3 Å². The first-order valence-electron chi connectivity index (χ1n) is 9.53. The lowest BCUT2D eigenvalue weighted by molar-refractivity contribution is -0.117. The van der Waals surface area contributed by atoms with Crippen molar-refractivity contribution in [3.63, 3.8) is 0 Å². The fourth-order valence-electron chi connectivity index (χ4n) is 3.26. The van der Waals surface area contributed by atoms with Crippen LogP contribution in [-0.4, -0.2) is 21.4 Å². The van der Waals surface area contributed by atoms with Crippen molar-refractivity contribution in [1.82, 2.24) is 9.55 Å². The molecule has 0 spiro atoms. The van der Waals surface area contributed by atoms with Gasteiger partial charge >= 0.3 is 0 Å². The molecule has 3 aromatic rings. The van der Waals surface area contributed by atoms with Gasteiger partial charge in [0.15, 0.2) is 0 Å². The van der Waals surface area contributed by atoms with Crippen molar-refractivity contribution in [3.05, 3.63) is 54.1 Å². The van der Waals surface area contributed by atoms with Gasteiger partial charge in [0, 0.05) is 22.7 Å². The van der Waals surface area contributed by atoms with Crippen LogP contribution in [0.4, 0.5) is 11.6 Å². The molecule has 2 N–H and O–H groups in total. The van der Waals surface area contributed by atoms with Crippen molar-refractivity contribution >= 4 is 34.5 Å². The number of carbonyl (C=O) groups is 2. The molecule has 28 heavy (non-hydrogen) atoms. The summed E-state index contributed by atoms with van der Waals surface area (Å²) in [4.78, 5) is 29.2. The van der Waals surface area contributed by atoms with E-state index in [1.807, 2.05) is 28.8 Å². The highest BCUT2D eigenvalue weighted by Gasteiger charge is 2.29. The number of nitrogens with zero attached hydrogens (tertiary/aromatic N) is 2. The van der Waals surface area contributed by atoms with Crippen LogP contribution in [0, 0.1) is 5.92 Å². The summed E-state index contributed by atoms with van der Waals surface area (Å²) < 4.78 is 2.03. The second-order valence-electron chi connectivity index (χ2n) is 8.23. The lowest BCUT2D eigenvalue weighted by Crippen LogP contribution is -2.25. The lowest BCUT2D eigenvalue weighted by Gasteiger charge is -2.24. The zero-order valence-electron chi connectivity index (χ0n) is 16.3. The maximum absolute atomic E-state index is 12.8. The fourth-order valence-corrected chi connectivity index (χ4v) is 3.26. The van der Waals surface area contributed by atoms with Crippen molar-refractivity contribution in [2.45, 2.75) is 39.2 Å². The highest BCUT2D eigenvalue weighted by atomic mass is 16.2. The summed E-state index contributed by atoms with van der Waals surface area (Å²) in [5.74, 6) is 0.482. The van der Waals surface area contributed by atoms with Crippen LogP contribution in [0.3, 0.4) is 0 Å². The third kappa shape index (κ3) is 3.63. The highest BCUT2D eigenvalue weighted by molar-refractivity contribution is 6.04. The Morgan fingerprint density at radius 1 is 1.00 bits per heavy atom. The average Bonchev–Trinajstić information content (AvgIpc) is 3.42. The van der Waals surface area contributed by atoms with Crippen LogP contribution in [-0.2, 0) is 10.3 Å². The molecular weight excluding hydrogens is 352 g/mol. The van der Waals surface area contributed by atoms with E-state index >= 15 is 0 Å². The Labute approximate surface area is 164 Å². The first-order valence-corrected chi connectivity index (χ1v) is 9.53. The summed E-state index contributed by atoms with van der Waals surface area (Å²) in [7, 11) is 0. The van der Waals surface area contributed by atoms with E-state index in [2.05, 4.69) is 36.4 Å². The molecule has 2 amide bonds. The summed E-state index contributed by atoms with van der Waals surface area (Å²) in [5, 5.41) is 5.82. The molecule has 144 valence electrons. The number of para-hydroxylation sites is 2. The zero-order valence-corrected chi connectivity index (χ0v) is 16.3. The van der Waals surface area contributed by atoms with E-state index in [-0.39, 0.29) is 23.3 Å². The van der Waals surface area contributed by atoms with Crippen molar-refractivity contribution in [1.29, 1.82) is 0 Å². The topological polar surface area (TPSA) is 76.0 Å². The number of fused-ring (bicyclic) bond motifs is 1. The molecule has 0 unspecified atom stereocenters. The van der Waals surface area contributed by atoms with Crippen molar-refractivity contribution in [2.75, 3.05) is 10.6 Å². The predicted octanol–water partition coefficient (Wildman–Crippen LogP) is 4.39. The normalized spacial score (nSPS) is 14.1. The molecule has 1 aromatic heterocycles. The molecule has 0 radical (unpaired) electrons. The second-order valence-corrected chi connectivity index (χ2v) is 8.23. The van der Waals surface area contributed by atoms with Crippen LogP contribution >= 0.6 is 0 Å². The Kier molecular flexibility index (Phi) is 4.41. The van der Waals surface area contributed by atoms with Gasteiger partial charge in [0.05, 0.1) is 11.0 Å². The average molecular weight is 376 g/mol. The Bertz CT molecular complexity index is 1040. The summed E-state index contributed by atoms with van der Waals surface area (Å²) in [6, 6.07) is 14.8. The molecule has 1 fully saturated rings. The van der Waals surface area contributed by atoms with E-state index in [9.17, 15) is 9.59 Å². The zero-order chi connectivity index (χ0) is 19.9. The van der Waals surface area contributed by atoms with Gasteiger partial charge in [-0.2, -0.15) is 0 Å². The molecule has 0 atom stereocenters. The van der Waals surface area contributed by atoms with Crippen LogP contribution in [0.5, 0.6) is 0 Å². The van der Waals surface area contributed by atoms with Gasteiger partial charge in [-0.15, -0.1) is 0 Å². The van der Waals surface area contributed by atoms with Gasteiger partial charge in [-0.1, -0.05) is 12.1 Å². The summed E-state index contributed by atoms with van der Waals surface area (Å²) in [6.07, 6.45) is 1.92. The molecule has 6 heteroatoms. The molecule has 2 aromatic carbocycles. The Morgan fingerprint density at radius 3 is 2.32 bits per heavy atom. The Morgan fingerprint density at radius 2 is 1.68 bits per heavy atom. The van der Waals surface area contributed by atoms with Gasteiger partial charge in [0.2, 0.25) is 11.9 Å². The molecule has 1 aliphatic carbocycles. The van der Waals surface area contributed by atoms with Gasteiger partial charge in [-0.05, 0) is 70.0 Å². The molecule has 1 aliphatic rings. The summed E-state index contributed by atoms with van der Waals surface area (Å²) in [5.41, 5.74) is 2.79. The minimum Gasteiger partial charge on any atom is -0.326 e. The van der Waals surface area contributed by atoms with Crippen molar-refractivity contribution in [2.24, 2.45) is 5.92 Å². The quantitative estimate of drug-likeness (QED) is 0.709. The van der Waals surface area contributed by atoms with Crippen LogP contribution in [0.1, 0.15) is 44.0 Å². The van der Waals surface area contributed by atoms with Gasteiger partial charge < -0.3 is 9.88 Å². The van der Waals surface area contributed by atoms with Gasteiger partial charge in [-0.25, -0.2) is 4.98 Å². The van der Waals surface area contributed by atoms with Crippen LogP contribution in [0.25, 0.3) is 11.0 Å².